The average Bonchev–Trinajstić information content (AvgIpc) is 2.10. The van der Waals surface area contributed by atoms with Crippen LogP contribution in [0.4, 0.5) is 0 Å². The topological polar surface area (TPSA) is 44.5 Å². The van der Waals surface area contributed by atoms with Gasteiger partial charge in [-0.25, -0.2) is 5.90 Å². The van der Waals surface area contributed by atoms with E-state index in [4.69, 9.17) is 10.6 Å². The molecule has 1 rings (SSSR count). The molecule has 13 heavy (non-hydrogen) atoms. The molecule has 1 aromatic carbocycles. The van der Waals surface area contributed by atoms with E-state index >= 15 is 0 Å². The van der Waals surface area contributed by atoms with Gasteiger partial charge in [-0.3, -0.25) is 4.84 Å². The van der Waals surface area contributed by atoms with E-state index in [9.17, 15) is 0 Å². The number of hydrogen-bond acceptors (Lipinski definition) is 3. The minimum atomic E-state index is 0.422. The zero-order valence-electron chi connectivity index (χ0n) is 7.42. The van der Waals surface area contributed by atoms with Gasteiger partial charge in [0.25, 0.3) is 0 Å². The Kier molecular flexibility index (Phi) is 4.38. The van der Waals surface area contributed by atoms with Crippen molar-refractivity contribution in [2.24, 2.45) is 5.90 Å². The molecule has 0 bridgehead atoms. The smallest absolute Gasteiger partial charge is 0.0930 e. The van der Waals surface area contributed by atoms with E-state index < -0.39 is 0 Å². The quantitative estimate of drug-likeness (QED) is 0.826. The van der Waals surface area contributed by atoms with Crippen molar-refractivity contribution in [2.45, 2.75) is 13.2 Å². The van der Waals surface area contributed by atoms with Crippen molar-refractivity contribution in [3.63, 3.8) is 0 Å². The van der Waals surface area contributed by atoms with Crippen LogP contribution in [0.1, 0.15) is 11.1 Å². The molecule has 72 valence electrons. The van der Waals surface area contributed by atoms with Crippen LogP contribution in [0.15, 0.2) is 22.7 Å². The van der Waals surface area contributed by atoms with Gasteiger partial charge in [-0.15, -0.1) is 0 Å². The molecule has 0 radical (unpaired) electrons. The minimum Gasteiger partial charge on any atom is -0.380 e. The summed E-state index contributed by atoms with van der Waals surface area (Å²) in [5.74, 6) is 4.97. The predicted molar refractivity (Wildman–Crippen MR) is 53.8 cm³/mol. The molecule has 0 atom stereocenters. The van der Waals surface area contributed by atoms with E-state index in [2.05, 4.69) is 20.8 Å². The monoisotopic (exact) mass is 245 g/mol. The lowest BCUT2D eigenvalue weighted by Crippen LogP contribution is -1.99. The molecule has 0 fully saturated rings. The van der Waals surface area contributed by atoms with E-state index in [-0.39, 0.29) is 0 Å². The third-order valence-corrected chi connectivity index (χ3v) is 2.41. The average molecular weight is 246 g/mol. The maximum Gasteiger partial charge on any atom is 0.0930 e. The van der Waals surface area contributed by atoms with Crippen LogP contribution >= 0.6 is 15.9 Å². The van der Waals surface area contributed by atoms with E-state index in [1.54, 1.807) is 7.11 Å². The van der Waals surface area contributed by atoms with Crippen LogP contribution in [0.3, 0.4) is 0 Å². The highest BCUT2D eigenvalue weighted by Gasteiger charge is 2.00. The maximum atomic E-state index is 5.02. The standard InChI is InChI=1S/C9H12BrNO2/c1-12-6-8-3-2-7(5-13-11)4-9(8)10/h2-4H,5-6,11H2,1H3. The number of halogens is 1. The molecule has 0 heterocycles. The number of nitrogens with two attached hydrogens (primary N) is 1. The summed E-state index contributed by atoms with van der Waals surface area (Å²) in [7, 11) is 1.67. The van der Waals surface area contributed by atoms with E-state index in [0.29, 0.717) is 13.2 Å². The highest BCUT2D eigenvalue weighted by atomic mass is 79.9. The second kappa shape index (κ2) is 5.34. The van der Waals surface area contributed by atoms with Crippen molar-refractivity contribution in [3.8, 4) is 0 Å². The van der Waals surface area contributed by atoms with E-state index in [1.807, 2.05) is 18.2 Å². The van der Waals surface area contributed by atoms with Crippen molar-refractivity contribution >= 4 is 15.9 Å². The lowest BCUT2D eigenvalue weighted by atomic mass is 10.1. The van der Waals surface area contributed by atoms with Gasteiger partial charge in [0.15, 0.2) is 0 Å². The third kappa shape index (κ3) is 3.08. The van der Waals surface area contributed by atoms with Crippen molar-refractivity contribution in [2.75, 3.05) is 7.11 Å². The van der Waals surface area contributed by atoms with Gasteiger partial charge in [-0.1, -0.05) is 28.1 Å². The van der Waals surface area contributed by atoms with Gasteiger partial charge in [0.2, 0.25) is 0 Å². The molecule has 0 unspecified atom stereocenters. The first-order chi connectivity index (χ1) is 6.27. The number of ether oxygens (including phenoxy) is 1. The van der Waals surface area contributed by atoms with Gasteiger partial charge in [0.1, 0.15) is 0 Å². The van der Waals surface area contributed by atoms with Crippen LogP contribution < -0.4 is 5.90 Å². The summed E-state index contributed by atoms with van der Waals surface area (Å²) < 4.78 is 6.04. The summed E-state index contributed by atoms with van der Waals surface area (Å²) in [6.07, 6.45) is 0. The van der Waals surface area contributed by atoms with Gasteiger partial charge >= 0.3 is 0 Å². The van der Waals surface area contributed by atoms with Crippen LogP contribution in [0, 0.1) is 0 Å². The fourth-order valence-electron chi connectivity index (χ4n) is 1.05. The normalized spacial score (nSPS) is 10.4. The number of hydrogen-bond donors (Lipinski definition) is 1. The minimum absolute atomic E-state index is 0.422. The molecule has 4 heteroatoms. The number of methoxy groups -OCH3 is 1. The molecule has 2 N–H and O–H groups in total. The van der Waals surface area contributed by atoms with Crippen molar-refractivity contribution in [1.82, 2.24) is 0 Å². The summed E-state index contributed by atoms with van der Waals surface area (Å²) in [6.45, 7) is 1.02. The van der Waals surface area contributed by atoms with Gasteiger partial charge in [0, 0.05) is 11.6 Å². The summed E-state index contributed by atoms with van der Waals surface area (Å²) in [4.78, 5) is 4.53. The maximum absolute atomic E-state index is 5.02. The second-order valence-electron chi connectivity index (χ2n) is 2.67. The van der Waals surface area contributed by atoms with Crippen LogP contribution in [-0.2, 0) is 22.8 Å². The Morgan fingerprint density at radius 1 is 1.38 bits per heavy atom. The molecular weight excluding hydrogens is 234 g/mol. The summed E-state index contributed by atoms with van der Waals surface area (Å²) in [6, 6.07) is 5.93. The third-order valence-electron chi connectivity index (χ3n) is 1.67. The molecule has 1 aromatic rings. The van der Waals surface area contributed by atoms with Gasteiger partial charge < -0.3 is 4.74 Å². The lowest BCUT2D eigenvalue weighted by Gasteiger charge is -2.05. The molecule has 0 aliphatic carbocycles. The van der Waals surface area contributed by atoms with Crippen molar-refractivity contribution in [3.05, 3.63) is 33.8 Å². The number of benzene rings is 1. The Morgan fingerprint density at radius 3 is 2.69 bits per heavy atom. The molecule has 0 aliphatic rings. The fourth-order valence-corrected chi connectivity index (χ4v) is 1.59. The SMILES string of the molecule is COCc1ccc(CON)cc1Br. The Hall–Kier alpha value is -0.420. The largest absolute Gasteiger partial charge is 0.380 e. The van der Waals surface area contributed by atoms with Crippen molar-refractivity contribution in [1.29, 1.82) is 0 Å². The Morgan fingerprint density at radius 2 is 2.15 bits per heavy atom. The van der Waals surface area contributed by atoms with Crippen LogP contribution in [0.2, 0.25) is 0 Å². The van der Waals surface area contributed by atoms with Gasteiger partial charge in [0.05, 0.1) is 13.2 Å². The summed E-state index contributed by atoms with van der Waals surface area (Å²) >= 11 is 3.44. The van der Waals surface area contributed by atoms with Gasteiger partial charge in [-0.2, -0.15) is 0 Å². The molecular formula is C9H12BrNO2. The second-order valence-corrected chi connectivity index (χ2v) is 3.52. The highest BCUT2D eigenvalue weighted by Crippen LogP contribution is 2.19. The van der Waals surface area contributed by atoms with Crippen LogP contribution in [0.25, 0.3) is 0 Å². The molecule has 3 nitrogen and oxygen atoms in total. The Labute approximate surface area is 85.9 Å². The van der Waals surface area contributed by atoms with E-state index in [0.717, 1.165) is 15.6 Å². The summed E-state index contributed by atoms with van der Waals surface area (Å²) in [5.41, 5.74) is 2.15. The Bertz CT molecular complexity index is 278. The van der Waals surface area contributed by atoms with Crippen LogP contribution in [-0.4, -0.2) is 7.11 Å². The lowest BCUT2D eigenvalue weighted by molar-refractivity contribution is 0.124. The van der Waals surface area contributed by atoms with Crippen LogP contribution in [0.5, 0.6) is 0 Å². The predicted octanol–water partition coefficient (Wildman–Crippen LogP) is 1.99. The highest BCUT2D eigenvalue weighted by molar-refractivity contribution is 9.10. The molecule has 0 saturated heterocycles. The molecule has 0 spiro atoms. The first kappa shape index (κ1) is 10.7. The van der Waals surface area contributed by atoms with Gasteiger partial charge in [-0.05, 0) is 17.2 Å². The van der Waals surface area contributed by atoms with E-state index in [1.165, 1.54) is 0 Å². The molecule has 0 aliphatic heterocycles. The molecule has 0 amide bonds. The summed E-state index contributed by atoms with van der Waals surface area (Å²) in [5, 5.41) is 0. The molecule has 0 aromatic heterocycles. The zero-order chi connectivity index (χ0) is 9.68. The van der Waals surface area contributed by atoms with Crippen molar-refractivity contribution < 1.29 is 9.57 Å². The Balaban J connectivity index is 2.79. The zero-order valence-corrected chi connectivity index (χ0v) is 9.00. The molecule has 0 saturated carbocycles. The fraction of sp³-hybridized carbons (Fsp3) is 0.333. The number of rotatable bonds is 4. The first-order valence-corrected chi connectivity index (χ1v) is 4.65. The first-order valence-electron chi connectivity index (χ1n) is 3.86.